The summed E-state index contributed by atoms with van der Waals surface area (Å²) in [5.74, 6) is 0. The summed E-state index contributed by atoms with van der Waals surface area (Å²) >= 11 is 1.89. The molecule has 1 rings (SSSR count). The lowest BCUT2D eigenvalue weighted by Crippen LogP contribution is -2.29. The van der Waals surface area contributed by atoms with E-state index >= 15 is 0 Å². The lowest BCUT2D eigenvalue weighted by atomic mass is 10.0. The Hall–Kier alpha value is -0.600. The molecule has 0 bridgehead atoms. The van der Waals surface area contributed by atoms with Gasteiger partial charge in [0.05, 0.1) is 0 Å². The fourth-order valence-electron chi connectivity index (χ4n) is 2.53. The second-order valence-corrected chi connectivity index (χ2v) is 6.58. The van der Waals surface area contributed by atoms with Gasteiger partial charge in [-0.2, -0.15) is 0 Å². The Kier molecular flexibility index (Phi) is 10.6. The topological polar surface area (TPSA) is 12.0 Å². The van der Waals surface area contributed by atoms with Gasteiger partial charge in [-0.3, -0.25) is 0 Å². The molecule has 0 aromatic carbocycles. The molecule has 1 nitrogen and oxygen atoms in total. The lowest BCUT2D eigenvalue weighted by molar-refractivity contribution is 0.424. The highest BCUT2D eigenvalue weighted by Gasteiger charge is 2.07. The second-order valence-electron chi connectivity index (χ2n) is 5.55. The molecule has 0 spiro atoms. The Bertz CT molecular complexity index is 318. The van der Waals surface area contributed by atoms with Crippen molar-refractivity contribution in [3.8, 4) is 0 Å². The smallest absolute Gasteiger partial charge is 0.00671 e. The summed E-state index contributed by atoms with van der Waals surface area (Å²) in [6.07, 6.45) is 13.7. The third-order valence-corrected chi connectivity index (χ3v) is 4.64. The summed E-state index contributed by atoms with van der Waals surface area (Å²) in [6.45, 7) is 7.20. The normalized spacial score (nSPS) is 12.4. The van der Waals surface area contributed by atoms with Crippen molar-refractivity contribution in [3.63, 3.8) is 0 Å². The molecule has 1 aromatic rings. The van der Waals surface area contributed by atoms with Crippen molar-refractivity contribution < 1.29 is 0 Å². The zero-order chi connectivity index (χ0) is 14.5. The summed E-state index contributed by atoms with van der Waals surface area (Å²) in [6, 6.07) is 5.14. The van der Waals surface area contributed by atoms with E-state index in [0.29, 0.717) is 0 Å². The Morgan fingerprint density at radius 3 is 2.80 bits per heavy atom. The first-order chi connectivity index (χ1) is 9.86. The Labute approximate surface area is 129 Å². The molecule has 1 unspecified atom stereocenters. The number of allylic oxidation sites excluding steroid dienone is 1. The molecule has 0 amide bonds. The zero-order valence-electron chi connectivity index (χ0n) is 13.1. The van der Waals surface area contributed by atoms with E-state index in [1.165, 1.54) is 62.7 Å². The van der Waals surface area contributed by atoms with E-state index in [1.54, 1.807) is 0 Å². The number of aryl methyl sites for hydroxylation is 1. The molecule has 0 saturated heterocycles. The minimum absolute atomic E-state index is 0.721. The molecule has 0 saturated carbocycles. The Morgan fingerprint density at radius 1 is 1.25 bits per heavy atom. The first-order valence-corrected chi connectivity index (χ1v) is 9.11. The number of unbranched alkanes of at least 4 members (excludes halogenated alkanes) is 3. The van der Waals surface area contributed by atoms with Crippen LogP contribution in [0.15, 0.2) is 30.2 Å². The highest BCUT2D eigenvalue weighted by atomic mass is 32.1. The largest absolute Gasteiger partial charge is 0.314 e. The maximum absolute atomic E-state index is 3.79. The molecule has 0 aliphatic rings. The molecule has 0 aliphatic carbocycles. The monoisotopic (exact) mass is 293 g/mol. The zero-order valence-corrected chi connectivity index (χ0v) is 13.9. The minimum atomic E-state index is 0.721. The summed E-state index contributed by atoms with van der Waals surface area (Å²) in [4.78, 5) is 1.53. The first kappa shape index (κ1) is 17.5. The Balaban J connectivity index is 2.15. The van der Waals surface area contributed by atoms with Gasteiger partial charge in [0.1, 0.15) is 0 Å². The molecular weight excluding hydrogens is 262 g/mol. The van der Waals surface area contributed by atoms with Gasteiger partial charge in [0.2, 0.25) is 0 Å². The molecule has 0 radical (unpaired) electrons. The van der Waals surface area contributed by atoms with Gasteiger partial charge < -0.3 is 5.32 Å². The molecule has 114 valence electrons. The molecule has 1 N–H and O–H groups in total. The van der Waals surface area contributed by atoms with Crippen molar-refractivity contribution in [3.05, 3.63) is 35.0 Å². The highest BCUT2D eigenvalue weighted by molar-refractivity contribution is 7.09. The standard InChI is InChI=1S/C18H31NS/c1-3-5-6-7-8-11-17(19-15-4-2)12-9-13-18-14-10-16-20-18/h3,10,14,16-17,19H,1,4-9,11-13,15H2,2H3. The van der Waals surface area contributed by atoms with Crippen molar-refractivity contribution in [1.82, 2.24) is 5.32 Å². The van der Waals surface area contributed by atoms with Crippen molar-refractivity contribution in [2.75, 3.05) is 6.54 Å². The molecule has 0 aliphatic heterocycles. The van der Waals surface area contributed by atoms with Crippen LogP contribution in [0.25, 0.3) is 0 Å². The van der Waals surface area contributed by atoms with Crippen LogP contribution >= 0.6 is 11.3 Å². The van der Waals surface area contributed by atoms with Crippen LogP contribution in [0.3, 0.4) is 0 Å². The van der Waals surface area contributed by atoms with E-state index < -0.39 is 0 Å². The average Bonchev–Trinajstić information content (AvgIpc) is 2.97. The van der Waals surface area contributed by atoms with E-state index in [-0.39, 0.29) is 0 Å². The third kappa shape index (κ3) is 8.55. The van der Waals surface area contributed by atoms with E-state index in [0.717, 1.165) is 12.6 Å². The molecule has 1 atom stereocenters. The van der Waals surface area contributed by atoms with Crippen LogP contribution in [0.4, 0.5) is 0 Å². The van der Waals surface area contributed by atoms with Gasteiger partial charge in [0, 0.05) is 10.9 Å². The van der Waals surface area contributed by atoms with Gasteiger partial charge in [0.15, 0.2) is 0 Å². The van der Waals surface area contributed by atoms with Gasteiger partial charge in [-0.25, -0.2) is 0 Å². The Morgan fingerprint density at radius 2 is 2.10 bits per heavy atom. The van der Waals surface area contributed by atoms with Crippen molar-refractivity contribution in [2.45, 2.75) is 70.8 Å². The van der Waals surface area contributed by atoms with Crippen molar-refractivity contribution >= 4 is 11.3 Å². The molecule has 1 heterocycles. The maximum Gasteiger partial charge on any atom is 0.00671 e. The van der Waals surface area contributed by atoms with Crippen LogP contribution in [0.1, 0.15) is 63.2 Å². The van der Waals surface area contributed by atoms with Gasteiger partial charge in [0.25, 0.3) is 0 Å². The van der Waals surface area contributed by atoms with Gasteiger partial charge in [-0.15, -0.1) is 17.9 Å². The molecule has 20 heavy (non-hydrogen) atoms. The summed E-state index contributed by atoms with van der Waals surface area (Å²) in [7, 11) is 0. The second kappa shape index (κ2) is 12.2. The van der Waals surface area contributed by atoms with Crippen molar-refractivity contribution in [1.29, 1.82) is 0 Å². The minimum Gasteiger partial charge on any atom is -0.314 e. The molecule has 1 aromatic heterocycles. The summed E-state index contributed by atoms with van der Waals surface area (Å²) < 4.78 is 0. The summed E-state index contributed by atoms with van der Waals surface area (Å²) in [5, 5.41) is 5.91. The first-order valence-electron chi connectivity index (χ1n) is 8.23. The number of nitrogens with one attached hydrogen (secondary N) is 1. The number of hydrogen-bond donors (Lipinski definition) is 1. The fraction of sp³-hybridized carbons (Fsp3) is 0.667. The van der Waals surface area contributed by atoms with Gasteiger partial charge in [-0.05, 0) is 62.9 Å². The van der Waals surface area contributed by atoms with E-state index in [1.807, 2.05) is 17.4 Å². The van der Waals surface area contributed by atoms with Crippen LogP contribution in [0, 0.1) is 0 Å². The average molecular weight is 294 g/mol. The molecule has 2 heteroatoms. The molecular formula is C18H31NS. The number of rotatable bonds is 13. The van der Waals surface area contributed by atoms with E-state index in [2.05, 4.69) is 36.3 Å². The number of hydrogen-bond acceptors (Lipinski definition) is 2. The summed E-state index contributed by atoms with van der Waals surface area (Å²) in [5.41, 5.74) is 0. The predicted molar refractivity (Wildman–Crippen MR) is 92.6 cm³/mol. The number of thiophene rings is 1. The van der Waals surface area contributed by atoms with E-state index in [4.69, 9.17) is 0 Å². The van der Waals surface area contributed by atoms with Gasteiger partial charge >= 0.3 is 0 Å². The van der Waals surface area contributed by atoms with Crippen LogP contribution in [0.5, 0.6) is 0 Å². The quantitative estimate of drug-likeness (QED) is 0.370. The lowest BCUT2D eigenvalue weighted by Gasteiger charge is -2.18. The van der Waals surface area contributed by atoms with Crippen LogP contribution < -0.4 is 5.32 Å². The predicted octanol–water partition coefficient (Wildman–Crippen LogP) is 5.58. The van der Waals surface area contributed by atoms with Crippen LogP contribution in [-0.2, 0) is 6.42 Å². The van der Waals surface area contributed by atoms with E-state index in [9.17, 15) is 0 Å². The fourth-order valence-corrected chi connectivity index (χ4v) is 3.28. The SMILES string of the molecule is C=CCCCCCC(CCCc1cccs1)NCCC. The highest BCUT2D eigenvalue weighted by Crippen LogP contribution is 2.15. The third-order valence-electron chi connectivity index (χ3n) is 3.70. The van der Waals surface area contributed by atoms with Crippen molar-refractivity contribution in [2.24, 2.45) is 0 Å². The molecule has 0 fully saturated rings. The van der Waals surface area contributed by atoms with Crippen LogP contribution in [0.2, 0.25) is 0 Å². The maximum atomic E-state index is 3.79. The van der Waals surface area contributed by atoms with Crippen LogP contribution in [-0.4, -0.2) is 12.6 Å². The van der Waals surface area contributed by atoms with Gasteiger partial charge in [-0.1, -0.05) is 31.9 Å².